The van der Waals surface area contributed by atoms with Crippen LogP contribution in [0.25, 0.3) is 0 Å². The molecule has 0 saturated carbocycles. The molecule has 8 N–H and O–H groups in total. The standard InChI is InChI=1S/C38H60N9O12P/c1-24(2)19-29(42-38(54)32-15-11-16-45(32)26(4)49)35(51)41-30(20-27-21-40-23-46(27)47(5,6)28-13-9-8-10-14-28)36(52)43-31(22-48)37(53)44-33(34(39)50)25(3)59-60(55,56)58-18-12-17-57-7/h8-10,13-14,21,23-25,29-33,48H,11-12,15-20,22H2,1-7H3,(H6-,39,41,42,43,44,50,51,52,53,54,55,56)/p+1. The molecule has 60 heavy (non-hydrogen) atoms. The van der Waals surface area contributed by atoms with Crippen LogP contribution in [0, 0.1) is 5.92 Å². The topological polar surface area (TPSA) is 283 Å². The Labute approximate surface area is 349 Å². The summed E-state index contributed by atoms with van der Waals surface area (Å²) in [6, 6.07) is 2.59. The van der Waals surface area contributed by atoms with Crippen LogP contribution < -0.4 is 31.6 Å². The molecule has 1 fully saturated rings. The number of ether oxygens (including phenoxy) is 1. The number of carbonyl (C=O) groups is 6. The third kappa shape index (κ3) is 14.2. The molecule has 334 valence electrons. The Morgan fingerprint density at radius 3 is 2.20 bits per heavy atom. The molecule has 22 heteroatoms. The molecule has 1 aromatic heterocycles. The molecule has 3 rings (SSSR count). The number of aliphatic hydroxyl groups excluding tert-OH is 1. The van der Waals surface area contributed by atoms with Gasteiger partial charge in [0.2, 0.25) is 35.4 Å². The van der Waals surface area contributed by atoms with Crippen molar-refractivity contribution >= 4 is 49.0 Å². The van der Waals surface area contributed by atoms with Crippen LogP contribution in [0.5, 0.6) is 0 Å². The Balaban J connectivity index is 1.91. The number of para-hydroxylation sites is 1. The molecule has 0 radical (unpaired) electrons. The van der Waals surface area contributed by atoms with Crippen LogP contribution in [-0.4, -0.2) is 144 Å². The second kappa shape index (κ2) is 22.7. The highest BCUT2D eigenvalue weighted by atomic mass is 31.2. The maximum absolute atomic E-state index is 14.2. The van der Waals surface area contributed by atoms with Crippen molar-refractivity contribution in [2.45, 2.75) is 96.1 Å². The summed E-state index contributed by atoms with van der Waals surface area (Å²) in [5.41, 5.74) is 6.82. The van der Waals surface area contributed by atoms with E-state index in [1.807, 2.05) is 58.3 Å². The Hall–Kier alpha value is -4.76. The average Bonchev–Trinajstić information content (AvgIpc) is 3.88. The number of nitrogens with two attached hydrogens (primary N) is 1. The van der Waals surface area contributed by atoms with E-state index in [0.29, 0.717) is 25.1 Å². The minimum atomic E-state index is -4.74. The van der Waals surface area contributed by atoms with Crippen LogP contribution in [0.4, 0.5) is 5.69 Å². The zero-order valence-electron chi connectivity index (χ0n) is 35.2. The van der Waals surface area contributed by atoms with E-state index in [2.05, 4.69) is 26.3 Å². The van der Waals surface area contributed by atoms with Gasteiger partial charge in [-0.25, -0.2) is 9.55 Å². The second-order valence-electron chi connectivity index (χ2n) is 15.4. The van der Waals surface area contributed by atoms with Gasteiger partial charge in [0.25, 0.3) is 0 Å². The normalized spacial score (nSPS) is 17.8. The van der Waals surface area contributed by atoms with Crippen LogP contribution in [-0.2, 0) is 53.5 Å². The molecular formula is C38H61N9O12P+. The summed E-state index contributed by atoms with van der Waals surface area (Å²) in [5.74, 6) is -4.84. The molecule has 1 aliphatic heterocycles. The number of carbonyl (C=O) groups excluding carboxylic acids is 6. The summed E-state index contributed by atoms with van der Waals surface area (Å²) >= 11 is 0. The summed E-state index contributed by atoms with van der Waals surface area (Å²) in [6.07, 6.45) is 2.81. The van der Waals surface area contributed by atoms with Crippen molar-refractivity contribution in [2.24, 2.45) is 11.7 Å². The Kier molecular flexibility index (Phi) is 18.8. The molecule has 21 nitrogen and oxygen atoms in total. The van der Waals surface area contributed by atoms with Crippen molar-refractivity contribution in [3.63, 3.8) is 0 Å². The smallest absolute Gasteiger partial charge is 0.394 e. The fourth-order valence-corrected chi connectivity index (χ4v) is 7.69. The van der Waals surface area contributed by atoms with Crippen LogP contribution in [0.3, 0.4) is 0 Å². The molecule has 0 aliphatic carbocycles. The average molecular weight is 867 g/mol. The van der Waals surface area contributed by atoms with Gasteiger partial charge in [-0.15, -0.1) is 0 Å². The maximum atomic E-state index is 14.2. The number of rotatable bonds is 24. The number of nitrogens with zero attached hydrogens (tertiary/aromatic N) is 4. The molecule has 7 unspecified atom stereocenters. The van der Waals surface area contributed by atoms with Crippen molar-refractivity contribution in [1.29, 1.82) is 0 Å². The van der Waals surface area contributed by atoms with Gasteiger partial charge in [-0.05, 0) is 38.5 Å². The monoisotopic (exact) mass is 866 g/mol. The largest absolute Gasteiger partial charge is 0.472 e. The van der Waals surface area contributed by atoms with Gasteiger partial charge in [0.05, 0.1) is 45.3 Å². The van der Waals surface area contributed by atoms with Gasteiger partial charge in [-0.1, -0.05) is 32.0 Å². The number of primary amides is 1. The lowest BCUT2D eigenvalue weighted by Gasteiger charge is -2.32. The molecule has 0 spiro atoms. The summed E-state index contributed by atoms with van der Waals surface area (Å²) in [4.78, 5) is 95.8. The van der Waals surface area contributed by atoms with Crippen molar-refractivity contribution in [3.05, 3.63) is 48.5 Å². The summed E-state index contributed by atoms with van der Waals surface area (Å²) in [7, 11) is 0.461. The van der Waals surface area contributed by atoms with E-state index in [-0.39, 0.29) is 48.9 Å². The first-order valence-electron chi connectivity index (χ1n) is 19.7. The predicted octanol–water partition coefficient (Wildman–Crippen LogP) is -0.512. The highest BCUT2D eigenvalue weighted by Gasteiger charge is 2.38. The SMILES string of the molecule is COCCCOP(=O)(O)OC(C)C(NC(=O)C(CO)NC(=O)C(Cc1cncn1[N+](C)(C)c1ccccc1)NC(=O)C(CC(C)C)NC(=O)C1CCCN1C(C)=O)C(N)=O. The van der Waals surface area contributed by atoms with E-state index < -0.39 is 80.3 Å². The number of amides is 6. The number of phosphoric ester groups is 1. The van der Waals surface area contributed by atoms with E-state index in [1.54, 1.807) is 11.0 Å². The first kappa shape index (κ1) is 49.6. The van der Waals surface area contributed by atoms with Crippen molar-refractivity contribution in [2.75, 3.05) is 47.6 Å². The molecule has 1 aliphatic rings. The fourth-order valence-electron chi connectivity index (χ4n) is 6.73. The first-order chi connectivity index (χ1) is 28.2. The number of phosphoric acid groups is 1. The highest BCUT2D eigenvalue weighted by molar-refractivity contribution is 7.47. The lowest BCUT2D eigenvalue weighted by atomic mass is 10.0. The van der Waals surface area contributed by atoms with E-state index in [0.717, 1.165) is 5.69 Å². The van der Waals surface area contributed by atoms with E-state index >= 15 is 0 Å². The zero-order valence-corrected chi connectivity index (χ0v) is 36.1. The molecule has 6 amide bonds. The molecule has 2 heterocycles. The lowest BCUT2D eigenvalue weighted by molar-refractivity contribution is -0.139. The quantitative estimate of drug-likeness (QED) is 0.0398. The van der Waals surface area contributed by atoms with Crippen LogP contribution in [0.1, 0.15) is 59.1 Å². The number of benzene rings is 1. The Morgan fingerprint density at radius 1 is 0.967 bits per heavy atom. The van der Waals surface area contributed by atoms with Crippen molar-refractivity contribution < 1.29 is 57.1 Å². The minimum absolute atomic E-state index is 0.0970. The molecule has 0 bridgehead atoms. The number of quaternary nitrogens is 1. The van der Waals surface area contributed by atoms with Crippen molar-refractivity contribution in [3.8, 4) is 0 Å². The summed E-state index contributed by atoms with van der Waals surface area (Å²) in [6.45, 7) is 5.68. The number of likely N-dealkylation sites (tertiary alicyclic amines) is 1. The molecule has 2 aromatic rings. The first-order valence-corrected chi connectivity index (χ1v) is 21.2. The second-order valence-corrected chi connectivity index (χ2v) is 16.8. The van der Waals surface area contributed by atoms with Crippen LogP contribution in [0.2, 0.25) is 0 Å². The number of aliphatic hydroxyl groups is 1. The van der Waals surface area contributed by atoms with E-state index in [9.17, 15) is 43.3 Å². The Morgan fingerprint density at radius 2 is 1.60 bits per heavy atom. The van der Waals surface area contributed by atoms with E-state index in [4.69, 9.17) is 19.5 Å². The number of imidazole rings is 1. The minimum Gasteiger partial charge on any atom is -0.394 e. The third-order valence-corrected chi connectivity index (χ3v) is 11.0. The number of methoxy groups -OCH3 is 1. The molecular weight excluding hydrogens is 805 g/mol. The zero-order chi connectivity index (χ0) is 44.8. The highest BCUT2D eigenvalue weighted by Crippen LogP contribution is 2.45. The van der Waals surface area contributed by atoms with Gasteiger partial charge >= 0.3 is 7.82 Å². The van der Waals surface area contributed by atoms with Gasteiger partial charge < -0.3 is 46.6 Å². The van der Waals surface area contributed by atoms with Gasteiger partial charge in [0.1, 0.15) is 36.5 Å². The molecule has 1 aromatic carbocycles. The number of hydrogen-bond acceptors (Lipinski definition) is 12. The summed E-state index contributed by atoms with van der Waals surface area (Å²) in [5, 5.41) is 20.4. The summed E-state index contributed by atoms with van der Waals surface area (Å²) < 4.78 is 29.2. The third-order valence-electron chi connectivity index (χ3n) is 9.90. The number of nitrogens with one attached hydrogen (secondary N) is 4. The number of hydrogen-bond donors (Lipinski definition) is 7. The lowest BCUT2D eigenvalue weighted by Crippen LogP contribution is -2.61. The molecule has 7 atom stereocenters. The van der Waals surface area contributed by atoms with Crippen LogP contribution >= 0.6 is 7.82 Å². The van der Waals surface area contributed by atoms with Gasteiger partial charge in [0, 0.05) is 45.7 Å². The fraction of sp³-hybridized carbons (Fsp3) is 0.605. The molecule has 1 saturated heterocycles. The number of aromatic nitrogens is 2. The predicted molar refractivity (Wildman–Crippen MR) is 218 cm³/mol. The van der Waals surface area contributed by atoms with Gasteiger partial charge in [0.15, 0.2) is 5.69 Å². The van der Waals surface area contributed by atoms with Gasteiger partial charge in [-0.2, -0.15) is 9.27 Å². The van der Waals surface area contributed by atoms with Crippen molar-refractivity contribution in [1.82, 2.24) is 40.4 Å². The van der Waals surface area contributed by atoms with E-state index in [1.165, 1.54) is 32.1 Å². The van der Waals surface area contributed by atoms with Crippen LogP contribution in [0.15, 0.2) is 42.9 Å². The maximum Gasteiger partial charge on any atom is 0.472 e. The van der Waals surface area contributed by atoms with Gasteiger partial charge in [-0.3, -0.25) is 37.8 Å². The Bertz CT molecular complexity index is 1830.